The maximum atomic E-state index is 4.34. The number of piperazine rings is 1. The Morgan fingerprint density at radius 2 is 2.00 bits per heavy atom. The molecule has 1 aromatic rings. The minimum atomic E-state index is 0.922. The maximum absolute atomic E-state index is 4.34. The molecule has 0 amide bonds. The number of likely N-dealkylation sites (N-methyl/N-ethyl adjacent to an activating group) is 1. The zero-order valence-electron chi connectivity index (χ0n) is 9.70. The maximum Gasteiger partial charge on any atom is 0.140 e. The quantitative estimate of drug-likeness (QED) is 0.896. The van der Waals surface area contributed by atoms with Crippen LogP contribution >= 0.6 is 15.9 Å². The van der Waals surface area contributed by atoms with Crippen LogP contribution in [0.4, 0.5) is 5.82 Å². The van der Waals surface area contributed by atoms with Crippen molar-refractivity contribution in [3.63, 3.8) is 0 Å². The largest absolute Gasteiger partial charge is 0.304 e. The average molecular weight is 285 g/mol. The van der Waals surface area contributed by atoms with Gasteiger partial charge in [-0.15, -0.1) is 0 Å². The van der Waals surface area contributed by atoms with Gasteiger partial charge in [-0.2, -0.15) is 0 Å². The van der Waals surface area contributed by atoms with E-state index in [1.807, 2.05) is 6.20 Å². The number of aromatic nitrogens is 1. The number of hydrogen-bond donors (Lipinski definition) is 1. The second-order valence-corrected chi connectivity index (χ2v) is 5.08. The summed E-state index contributed by atoms with van der Waals surface area (Å²) >= 11 is 3.45. The van der Waals surface area contributed by atoms with Gasteiger partial charge in [-0.1, -0.05) is 0 Å². The second kappa shape index (κ2) is 5.12. The summed E-state index contributed by atoms with van der Waals surface area (Å²) in [4.78, 5) is 6.67. The van der Waals surface area contributed by atoms with E-state index in [2.05, 4.69) is 56.3 Å². The summed E-state index contributed by atoms with van der Waals surface area (Å²) in [7, 11) is 2.15. The Kier molecular flexibility index (Phi) is 3.78. The molecular formula is C11H17BrN4. The highest BCUT2D eigenvalue weighted by molar-refractivity contribution is 9.10. The van der Waals surface area contributed by atoms with Crippen molar-refractivity contribution in [1.29, 1.82) is 0 Å². The van der Waals surface area contributed by atoms with Gasteiger partial charge >= 0.3 is 0 Å². The fourth-order valence-electron chi connectivity index (χ4n) is 1.68. The molecule has 16 heavy (non-hydrogen) atoms. The number of pyridine rings is 1. The van der Waals surface area contributed by atoms with Crippen LogP contribution in [-0.4, -0.2) is 48.1 Å². The third-order valence-electron chi connectivity index (χ3n) is 2.82. The summed E-state index contributed by atoms with van der Waals surface area (Å²) in [6.45, 7) is 6.34. The molecule has 1 N–H and O–H groups in total. The Labute approximate surface area is 105 Å². The lowest BCUT2D eigenvalue weighted by atomic mass is 10.3. The van der Waals surface area contributed by atoms with Gasteiger partial charge in [0.25, 0.3) is 0 Å². The van der Waals surface area contributed by atoms with E-state index >= 15 is 0 Å². The van der Waals surface area contributed by atoms with Crippen molar-refractivity contribution in [3.8, 4) is 0 Å². The number of hydrazine groups is 1. The van der Waals surface area contributed by atoms with Gasteiger partial charge in [-0.05, 0) is 41.5 Å². The minimum Gasteiger partial charge on any atom is -0.304 e. The lowest BCUT2D eigenvalue weighted by molar-refractivity contribution is 0.178. The lowest BCUT2D eigenvalue weighted by Crippen LogP contribution is -2.47. The number of anilines is 1. The highest BCUT2D eigenvalue weighted by atomic mass is 79.9. The Bertz CT molecular complexity index is 361. The van der Waals surface area contributed by atoms with Gasteiger partial charge in [0.05, 0.1) is 0 Å². The van der Waals surface area contributed by atoms with Crippen molar-refractivity contribution in [1.82, 2.24) is 14.9 Å². The molecule has 0 aromatic carbocycles. The molecule has 0 saturated carbocycles. The van der Waals surface area contributed by atoms with Crippen molar-refractivity contribution in [2.45, 2.75) is 6.92 Å². The molecule has 4 nitrogen and oxygen atoms in total. The summed E-state index contributed by atoms with van der Waals surface area (Å²) in [5.41, 5.74) is 4.54. The van der Waals surface area contributed by atoms with Gasteiger partial charge in [-0.25, -0.2) is 9.99 Å². The molecule has 0 bridgehead atoms. The van der Waals surface area contributed by atoms with Gasteiger partial charge in [-0.3, -0.25) is 0 Å². The lowest BCUT2D eigenvalue weighted by Gasteiger charge is -2.32. The minimum absolute atomic E-state index is 0.922. The monoisotopic (exact) mass is 284 g/mol. The summed E-state index contributed by atoms with van der Waals surface area (Å²) in [5.74, 6) is 0.922. The molecule has 0 spiro atoms. The third kappa shape index (κ3) is 2.93. The van der Waals surface area contributed by atoms with Crippen molar-refractivity contribution < 1.29 is 0 Å². The standard InChI is InChI=1S/C11H17BrN4/c1-9-7-11(13-8-10(9)12)14-16-5-3-15(2)4-6-16/h7-8H,3-6H2,1-2H3,(H,13,14). The van der Waals surface area contributed by atoms with E-state index in [9.17, 15) is 0 Å². The second-order valence-electron chi connectivity index (χ2n) is 4.22. The van der Waals surface area contributed by atoms with Crippen LogP contribution in [0.1, 0.15) is 5.56 Å². The predicted molar refractivity (Wildman–Crippen MR) is 69.4 cm³/mol. The van der Waals surface area contributed by atoms with Gasteiger partial charge < -0.3 is 10.3 Å². The molecule has 1 aliphatic rings. The molecule has 88 valence electrons. The van der Waals surface area contributed by atoms with E-state index in [0.717, 1.165) is 36.5 Å². The summed E-state index contributed by atoms with van der Waals surface area (Å²) in [6, 6.07) is 2.06. The van der Waals surface area contributed by atoms with Crippen LogP contribution in [0.25, 0.3) is 0 Å². The first kappa shape index (κ1) is 11.8. The molecule has 1 fully saturated rings. The third-order valence-corrected chi connectivity index (χ3v) is 3.65. The number of hydrogen-bond acceptors (Lipinski definition) is 4. The Morgan fingerprint density at radius 1 is 1.31 bits per heavy atom. The number of nitrogens with one attached hydrogen (secondary N) is 1. The molecule has 5 heteroatoms. The van der Waals surface area contributed by atoms with Crippen LogP contribution in [0.3, 0.4) is 0 Å². The normalized spacial score (nSPS) is 18.7. The topological polar surface area (TPSA) is 31.4 Å². The summed E-state index contributed by atoms with van der Waals surface area (Å²) < 4.78 is 1.05. The average Bonchev–Trinajstić information content (AvgIpc) is 2.27. The predicted octanol–water partition coefficient (Wildman–Crippen LogP) is 1.73. The molecule has 1 saturated heterocycles. The Balaban J connectivity index is 1.96. The molecule has 1 aliphatic heterocycles. The first-order valence-electron chi connectivity index (χ1n) is 5.47. The van der Waals surface area contributed by atoms with E-state index < -0.39 is 0 Å². The van der Waals surface area contributed by atoms with E-state index in [0.29, 0.717) is 0 Å². The fraction of sp³-hybridized carbons (Fsp3) is 0.545. The molecule has 2 heterocycles. The van der Waals surface area contributed by atoms with E-state index in [1.165, 1.54) is 5.56 Å². The first-order valence-corrected chi connectivity index (χ1v) is 6.27. The highest BCUT2D eigenvalue weighted by Gasteiger charge is 2.13. The van der Waals surface area contributed by atoms with Crippen LogP contribution in [0, 0.1) is 6.92 Å². The van der Waals surface area contributed by atoms with Gasteiger partial charge in [0.1, 0.15) is 5.82 Å². The van der Waals surface area contributed by atoms with Gasteiger partial charge in [0.2, 0.25) is 0 Å². The molecule has 0 radical (unpaired) electrons. The van der Waals surface area contributed by atoms with E-state index in [1.54, 1.807) is 0 Å². The van der Waals surface area contributed by atoms with Crippen LogP contribution in [0.5, 0.6) is 0 Å². The number of rotatable bonds is 2. The smallest absolute Gasteiger partial charge is 0.140 e. The van der Waals surface area contributed by atoms with Crippen molar-refractivity contribution in [2.75, 3.05) is 38.7 Å². The number of nitrogens with zero attached hydrogens (tertiary/aromatic N) is 3. The SMILES string of the molecule is Cc1cc(NN2CCN(C)CC2)ncc1Br. The van der Waals surface area contributed by atoms with Crippen molar-refractivity contribution in [3.05, 3.63) is 22.3 Å². The molecule has 0 aliphatic carbocycles. The zero-order valence-corrected chi connectivity index (χ0v) is 11.3. The van der Waals surface area contributed by atoms with Crippen molar-refractivity contribution >= 4 is 21.7 Å². The van der Waals surface area contributed by atoms with Crippen LogP contribution in [-0.2, 0) is 0 Å². The van der Waals surface area contributed by atoms with E-state index in [4.69, 9.17) is 0 Å². The molecule has 2 rings (SSSR count). The molecule has 0 atom stereocenters. The van der Waals surface area contributed by atoms with Crippen LogP contribution in [0.15, 0.2) is 16.7 Å². The van der Waals surface area contributed by atoms with E-state index in [-0.39, 0.29) is 0 Å². The van der Waals surface area contributed by atoms with Gasteiger partial charge in [0.15, 0.2) is 0 Å². The molecule has 0 unspecified atom stereocenters. The van der Waals surface area contributed by atoms with Gasteiger partial charge in [0, 0.05) is 36.8 Å². The Hall–Kier alpha value is -0.650. The Morgan fingerprint density at radius 3 is 2.62 bits per heavy atom. The zero-order chi connectivity index (χ0) is 11.5. The first-order chi connectivity index (χ1) is 7.65. The summed E-state index contributed by atoms with van der Waals surface area (Å²) in [6.07, 6.45) is 1.84. The fourth-order valence-corrected chi connectivity index (χ4v) is 1.90. The van der Waals surface area contributed by atoms with Crippen molar-refractivity contribution in [2.24, 2.45) is 0 Å². The molecule has 1 aromatic heterocycles. The van der Waals surface area contributed by atoms with Crippen LogP contribution in [0.2, 0.25) is 0 Å². The number of aryl methyl sites for hydroxylation is 1. The molecular weight excluding hydrogens is 268 g/mol. The number of halogens is 1. The van der Waals surface area contributed by atoms with Crippen LogP contribution < -0.4 is 5.43 Å². The highest BCUT2D eigenvalue weighted by Crippen LogP contribution is 2.17. The summed E-state index contributed by atoms with van der Waals surface area (Å²) in [5, 5.41) is 2.22.